The number of fused-ring (bicyclic) bond motifs is 1. The Morgan fingerprint density at radius 2 is 1.70 bits per heavy atom. The lowest BCUT2D eigenvalue weighted by molar-refractivity contribution is 0.123. The van der Waals surface area contributed by atoms with Gasteiger partial charge in [-0.1, -0.05) is 24.3 Å². The summed E-state index contributed by atoms with van der Waals surface area (Å²) in [6.07, 6.45) is 3.74. The Hall–Kier alpha value is -1.27. The summed E-state index contributed by atoms with van der Waals surface area (Å²) in [5.41, 5.74) is 2.34. The minimum Gasteiger partial charge on any atom is -0.377 e. The van der Waals surface area contributed by atoms with Crippen LogP contribution in [0.3, 0.4) is 0 Å². The molecule has 108 valence electrons. The van der Waals surface area contributed by atoms with Crippen LogP contribution in [-0.4, -0.2) is 35.1 Å². The Balaban J connectivity index is 2.06. The monoisotopic (exact) mass is 291 g/mol. The highest BCUT2D eigenvalue weighted by molar-refractivity contribution is 6.60. The molecule has 2 rings (SSSR count). The van der Waals surface area contributed by atoms with Gasteiger partial charge >= 0.3 is 8.80 Å². The minimum atomic E-state index is -2.46. The average Bonchev–Trinajstić information content (AvgIpc) is 2.52. The lowest BCUT2D eigenvalue weighted by Crippen LogP contribution is -2.42. The van der Waals surface area contributed by atoms with Gasteiger partial charge in [-0.2, -0.15) is 0 Å². The van der Waals surface area contributed by atoms with Crippen LogP contribution in [0.5, 0.6) is 0 Å². The van der Waals surface area contributed by atoms with E-state index in [9.17, 15) is 0 Å². The van der Waals surface area contributed by atoms with Gasteiger partial charge in [-0.25, -0.2) is 0 Å². The number of benzene rings is 1. The van der Waals surface area contributed by atoms with E-state index in [4.69, 9.17) is 13.3 Å². The molecule has 0 bridgehead atoms. The van der Waals surface area contributed by atoms with E-state index in [0.717, 1.165) is 24.4 Å². The van der Waals surface area contributed by atoms with Crippen molar-refractivity contribution in [2.75, 3.05) is 21.3 Å². The molecule has 1 aromatic carbocycles. The third kappa shape index (κ3) is 3.24. The van der Waals surface area contributed by atoms with E-state index in [1.54, 1.807) is 21.3 Å². The SMILES string of the molecule is CO[Si](CCCc1cccc2cccnc12)(OC)OC. The van der Waals surface area contributed by atoms with Crippen LogP contribution < -0.4 is 0 Å². The maximum atomic E-state index is 5.44. The van der Waals surface area contributed by atoms with Crippen LogP contribution in [-0.2, 0) is 19.7 Å². The fraction of sp³-hybridized carbons (Fsp3) is 0.400. The summed E-state index contributed by atoms with van der Waals surface area (Å²) >= 11 is 0. The van der Waals surface area contributed by atoms with Crippen molar-refractivity contribution in [1.82, 2.24) is 4.98 Å². The highest BCUT2D eigenvalue weighted by Crippen LogP contribution is 2.21. The van der Waals surface area contributed by atoms with Crippen LogP contribution >= 0.6 is 0 Å². The fourth-order valence-corrected chi connectivity index (χ4v) is 4.14. The zero-order chi connectivity index (χ0) is 14.4. The lowest BCUT2D eigenvalue weighted by Gasteiger charge is -2.24. The van der Waals surface area contributed by atoms with E-state index in [2.05, 4.69) is 29.2 Å². The first-order chi connectivity index (χ1) is 9.74. The molecule has 0 amide bonds. The predicted molar refractivity (Wildman–Crippen MR) is 81.7 cm³/mol. The maximum Gasteiger partial charge on any atom is 0.500 e. The number of nitrogens with zero attached hydrogens (tertiary/aromatic N) is 1. The number of aryl methyl sites for hydroxylation is 1. The van der Waals surface area contributed by atoms with E-state index in [1.165, 1.54) is 10.9 Å². The van der Waals surface area contributed by atoms with Crippen LogP contribution in [0, 0.1) is 0 Å². The molecular weight excluding hydrogens is 270 g/mol. The first kappa shape index (κ1) is 15.1. The van der Waals surface area contributed by atoms with Crippen LogP contribution in [0.15, 0.2) is 36.5 Å². The van der Waals surface area contributed by atoms with Crippen LogP contribution in [0.4, 0.5) is 0 Å². The number of aromatic nitrogens is 1. The summed E-state index contributed by atoms with van der Waals surface area (Å²) in [6, 6.07) is 11.1. The Bertz CT molecular complexity index is 544. The van der Waals surface area contributed by atoms with Crippen molar-refractivity contribution < 1.29 is 13.3 Å². The van der Waals surface area contributed by atoms with Crippen molar-refractivity contribution in [2.24, 2.45) is 0 Å². The Morgan fingerprint density at radius 3 is 2.40 bits per heavy atom. The summed E-state index contributed by atoms with van der Waals surface area (Å²) in [7, 11) is 2.50. The van der Waals surface area contributed by atoms with Gasteiger partial charge in [0, 0.05) is 39.0 Å². The molecule has 0 N–H and O–H groups in total. The van der Waals surface area contributed by atoms with Crippen molar-refractivity contribution >= 4 is 19.7 Å². The van der Waals surface area contributed by atoms with E-state index < -0.39 is 8.80 Å². The van der Waals surface area contributed by atoms with Crippen LogP contribution in [0.2, 0.25) is 6.04 Å². The molecule has 0 saturated carbocycles. The molecule has 5 heteroatoms. The molecule has 1 aromatic heterocycles. The molecule has 0 aliphatic rings. The van der Waals surface area contributed by atoms with E-state index >= 15 is 0 Å². The van der Waals surface area contributed by atoms with Gasteiger partial charge in [-0.3, -0.25) is 4.98 Å². The molecule has 0 aliphatic carbocycles. The Kier molecular flexibility index (Phi) is 5.25. The van der Waals surface area contributed by atoms with Crippen molar-refractivity contribution in [1.29, 1.82) is 0 Å². The van der Waals surface area contributed by atoms with E-state index in [1.807, 2.05) is 12.3 Å². The average molecular weight is 291 g/mol. The standard InChI is InChI=1S/C15H21NO3Si/c1-17-20(18-2,19-3)12-6-10-14-8-4-7-13-9-5-11-16-15(13)14/h4-5,7-9,11H,6,10,12H2,1-3H3. The number of para-hydroxylation sites is 1. The molecule has 4 nitrogen and oxygen atoms in total. The summed E-state index contributed by atoms with van der Waals surface area (Å²) in [4.78, 5) is 4.47. The molecule has 2 aromatic rings. The third-order valence-electron chi connectivity index (χ3n) is 3.58. The van der Waals surface area contributed by atoms with Crippen LogP contribution in [0.25, 0.3) is 10.9 Å². The van der Waals surface area contributed by atoms with E-state index in [0.29, 0.717) is 0 Å². The second kappa shape index (κ2) is 6.94. The van der Waals surface area contributed by atoms with Gasteiger partial charge in [0.05, 0.1) is 5.52 Å². The second-order valence-electron chi connectivity index (χ2n) is 4.64. The number of rotatable bonds is 7. The minimum absolute atomic E-state index is 0.805. The zero-order valence-electron chi connectivity index (χ0n) is 12.3. The van der Waals surface area contributed by atoms with Gasteiger partial charge in [-0.15, -0.1) is 0 Å². The van der Waals surface area contributed by atoms with Crippen molar-refractivity contribution in [3.8, 4) is 0 Å². The van der Waals surface area contributed by atoms with Gasteiger partial charge < -0.3 is 13.3 Å². The van der Waals surface area contributed by atoms with Gasteiger partial charge in [0.1, 0.15) is 0 Å². The molecule has 0 fully saturated rings. The summed E-state index contributed by atoms with van der Waals surface area (Å²) in [5, 5.41) is 1.18. The highest BCUT2D eigenvalue weighted by Gasteiger charge is 2.36. The Labute approximate surface area is 121 Å². The lowest BCUT2D eigenvalue weighted by atomic mass is 10.1. The Morgan fingerprint density at radius 1 is 1.00 bits per heavy atom. The normalized spacial score (nSPS) is 11.9. The highest BCUT2D eigenvalue weighted by atomic mass is 28.4. The van der Waals surface area contributed by atoms with Crippen LogP contribution in [0.1, 0.15) is 12.0 Å². The first-order valence-electron chi connectivity index (χ1n) is 6.73. The smallest absolute Gasteiger partial charge is 0.377 e. The summed E-state index contributed by atoms with van der Waals surface area (Å²) < 4.78 is 16.3. The largest absolute Gasteiger partial charge is 0.500 e. The third-order valence-corrected chi connectivity index (χ3v) is 6.41. The molecule has 0 aliphatic heterocycles. The molecule has 0 spiro atoms. The summed E-state index contributed by atoms with van der Waals surface area (Å²) in [5.74, 6) is 0. The molecule has 0 saturated heterocycles. The molecule has 1 heterocycles. The van der Waals surface area contributed by atoms with Crippen molar-refractivity contribution in [3.05, 3.63) is 42.1 Å². The fourth-order valence-electron chi connectivity index (χ4n) is 2.42. The van der Waals surface area contributed by atoms with Gasteiger partial charge in [-0.05, 0) is 24.5 Å². The predicted octanol–water partition coefficient (Wildman–Crippen LogP) is 3.05. The number of hydrogen-bond acceptors (Lipinski definition) is 4. The quantitative estimate of drug-likeness (QED) is 0.735. The first-order valence-corrected chi connectivity index (χ1v) is 8.66. The van der Waals surface area contributed by atoms with E-state index in [-0.39, 0.29) is 0 Å². The number of hydrogen-bond donors (Lipinski definition) is 0. The second-order valence-corrected chi connectivity index (χ2v) is 7.73. The summed E-state index contributed by atoms with van der Waals surface area (Å²) in [6.45, 7) is 0. The molecule has 0 unspecified atom stereocenters. The molecular formula is C15H21NO3Si. The van der Waals surface area contributed by atoms with Gasteiger partial charge in [0.25, 0.3) is 0 Å². The van der Waals surface area contributed by atoms with Gasteiger partial charge in [0.2, 0.25) is 0 Å². The van der Waals surface area contributed by atoms with Crippen molar-refractivity contribution in [2.45, 2.75) is 18.9 Å². The molecule has 0 atom stereocenters. The maximum absolute atomic E-state index is 5.44. The van der Waals surface area contributed by atoms with Crippen molar-refractivity contribution in [3.63, 3.8) is 0 Å². The van der Waals surface area contributed by atoms with Gasteiger partial charge in [0.15, 0.2) is 0 Å². The topological polar surface area (TPSA) is 40.6 Å². The molecule has 20 heavy (non-hydrogen) atoms. The molecule has 0 radical (unpaired) electrons. The zero-order valence-corrected chi connectivity index (χ0v) is 13.3. The number of pyridine rings is 1.